The zero-order chi connectivity index (χ0) is 10.1. The van der Waals surface area contributed by atoms with Crippen molar-refractivity contribution >= 4 is 11.8 Å². The predicted octanol–water partition coefficient (Wildman–Crippen LogP) is 2.66. The molecular formula is C11H17NOS. The fourth-order valence-electron chi connectivity index (χ4n) is 1.88. The smallest absolute Gasteiger partial charge is 0.105 e. The normalized spacial score (nSPS) is 27.9. The van der Waals surface area contributed by atoms with Crippen LogP contribution >= 0.6 is 11.8 Å². The van der Waals surface area contributed by atoms with E-state index in [0.717, 1.165) is 29.1 Å². The van der Waals surface area contributed by atoms with E-state index < -0.39 is 0 Å². The van der Waals surface area contributed by atoms with Crippen LogP contribution < -0.4 is 5.32 Å². The summed E-state index contributed by atoms with van der Waals surface area (Å²) in [7, 11) is 0. The molecule has 2 rings (SSSR count). The molecule has 2 heterocycles. The topological polar surface area (TPSA) is 25.2 Å². The van der Waals surface area contributed by atoms with Gasteiger partial charge in [0.25, 0.3) is 0 Å². The van der Waals surface area contributed by atoms with E-state index in [9.17, 15) is 0 Å². The van der Waals surface area contributed by atoms with E-state index in [2.05, 4.69) is 18.3 Å². The fourth-order valence-corrected chi connectivity index (χ4v) is 2.92. The molecule has 0 radical (unpaired) electrons. The second-order valence-electron chi connectivity index (χ2n) is 3.97. The van der Waals surface area contributed by atoms with Crippen molar-refractivity contribution in [3.63, 3.8) is 0 Å². The minimum absolute atomic E-state index is 0.480. The van der Waals surface area contributed by atoms with Crippen LogP contribution in [0.2, 0.25) is 0 Å². The number of rotatable bonds is 1. The lowest BCUT2D eigenvalue weighted by molar-refractivity contribution is 0.489. The quantitative estimate of drug-likeness (QED) is 0.773. The lowest BCUT2D eigenvalue weighted by atomic mass is 10.1. The monoisotopic (exact) mass is 211 g/mol. The lowest BCUT2D eigenvalue weighted by Crippen LogP contribution is -2.34. The molecule has 1 aliphatic rings. The molecule has 0 spiro atoms. The van der Waals surface area contributed by atoms with Crippen molar-refractivity contribution < 1.29 is 4.42 Å². The molecule has 1 aromatic rings. The molecule has 1 aromatic heterocycles. The van der Waals surface area contributed by atoms with Crippen LogP contribution in [0.25, 0.3) is 0 Å². The molecule has 0 saturated carbocycles. The molecule has 0 aromatic carbocycles. The maximum absolute atomic E-state index is 5.55. The zero-order valence-electron chi connectivity index (χ0n) is 8.96. The van der Waals surface area contributed by atoms with E-state index in [1.165, 1.54) is 5.56 Å². The highest BCUT2D eigenvalue weighted by atomic mass is 32.2. The number of aryl methyl sites for hydroxylation is 2. The van der Waals surface area contributed by atoms with Crippen LogP contribution in [0, 0.1) is 13.8 Å². The molecule has 0 amide bonds. The Morgan fingerprint density at radius 3 is 2.79 bits per heavy atom. The summed E-state index contributed by atoms with van der Waals surface area (Å²) in [5.74, 6) is 3.24. The van der Waals surface area contributed by atoms with E-state index >= 15 is 0 Å². The van der Waals surface area contributed by atoms with Gasteiger partial charge in [-0.3, -0.25) is 0 Å². The van der Waals surface area contributed by atoms with E-state index in [4.69, 9.17) is 4.42 Å². The van der Waals surface area contributed by atoms with Gasteiger partial charge < -0.3 is 9.73 Å². The first kappa shape index (κ1) is 10.1. The van der Waals surface area contributed by atoms with Gasteiger partial charge in [0.15, 0.2) is 0 Å². The van der Waals surface area contributed by atoms with Crippen LogP contribution in [0.3, 0.4) is 0 Å². The molecule has 14 heavy (non-hydrogen) atoms. The Hall–Kier alpha value is -0.410. The maximum Gasteiger partial charge on any atom is 0.105 e. The van der Waals surface area contributed by atoms with Crippen molar-refractivity contribution in [1.29, 1.82) is 0 Å². The highest BCUT2D eigenvalue weighted by molar-refractivity contribution is 8.00. The van der Waals surface area contributed by atoms with Crippen molar-refractivity contribution in [1.82, 2.24) is 5.32 Å². The van der Waals surface area contributed by atoms with Crippen molar-refractivity contribution in [2.75, 3.05) is 12.3 Å². The maximum atomic E-state index is 5.55. The Labute approximate surface area is 89.4 Å². The van der Waals surface area contributed by atoms with Crippen molar-refractivity contribution in [2.24, 2.45) is 0 Å². The number of hydrogen-bond donors (Lipinski definition) is 1. The van der Waals surface area contributed by atoms with E-state index in [1.807, 2.05) is 25.6 Å². The lowest BCUT2D eigenvalue weighted by Gasteiger charge is -2.27. The second kappa shape index (κ2) is 3.99. The van der Waals surface area contributed by atoms with Crippen molar-refractivity contribution in [2.45, 2.75) is 32.1 Å². The van der Waals surface area contributed by atoms with Gasteiger partial charge in [-0.2, -0.15) is 11.8 Å². The van der Waals surface area contributed by atoms with Gasteiger partial charge in [0.05, 0.1) is 0 Å². The Bertz CT molecular complexity index is 313. The van der Waals surface area contributed by atoms with Gasteiger partial charge in [-0.1, -0.05) is 6.92 Å². The summed E-state index contributed by atoms with van der Waals surface area (Å²) in [4.78, 5) is 0. The molecule has 1 N–H and O–H groups in total. The number of nitrogens with one attached hydrogen (secondary N) is 1. The highest BCUT2D eigenvalue weighted by Gasteiger charge is 2.22. The summed E-state index contributed by atoms with van der Waals surface area (Å²) >= 11 is 2.03. The third-order valence-electron chi connectivity index (χ3n) is 2.65. The number of hydrogen-bond acceptors (Lipinski definition) is 3. The third-order valence-corrected chi connectivity index (χ3v) is 3.92. The third kappa shape index (κ3) is 1.98. The molecule has 1 fully saturated rings. The first-order valence-corrected chi connectivity index (χ1v) is 6.13. The molecule has 2 nitrogen and oxygen atoms in total. The molecule has 2 unspecified atom stereocenters. The Balaban J connectivity index is 2.11. The summed E-state index contributed by atoms with van der Waals surface area (Å²) in [6.07, 6.45) is 0. The summed E-state index contributed by atoms with van der Waals surface area (Å²) < 4.78 is 5.55. The second-order valence-corrected chi connectivity index (χ2v) is 5.44. The average Bonchev–Trinajstić information content (AvgIpc) is 2.47. The van der Waals surface area contributed by atoms with Gasteiger partial charge in [-0.05, 0) is 19.9 Å². The molecular weight excluding hydrogens is 194 g/mol. The summed E-state index contributed by atoms with van der Waals surface area (Å²) in [6, 6.07) is 2.64. The molecule has 1 saturated heterocycles. The van der Waals surface area contributed by atoms with Gasteiger partial charge in [-0.25, -0.2) is 0 Å². The molecule has 0 aliphatic carbocycles. The first-order chi connectivity index (χ1) is 6.66. The molecule has 0 bridgehead atoms. The fraction of sp³-hybridized carbons (Fsp3) is 0.636. The molecule has 3 heteroatoms. The molecule has 1 aliphatic heterocycles. The Morgan fingerprint density at radius 1 is 1.50 bits per heavy atom. The van der Waals surface area contributed by atoms with Crippen LogP contribution in [-0.2, 0) is 0 Å². The summed E-state index contributed by atoms with van der Waals surface area (Å²) in [6.45, 7) is 7.42. The van der Waals surface area contributed by atoms with E-state index in [-0.39, 0.29) is 0 Å². The van der Waals surface area contributed by atoms with E-state index in [0.29, 0.717) is 6.04 Å². The SMILES string of the molecule is Cc1cc(C2CSC(C)CN2)c(C)o1. The highest BCUT2D eigenvalue weighted by Crippen LogP contribution is 2.29. The van der Waals surface area contributed by atoms with Crippen molar-refractivity contribution in [3.8, 4) is 0 Å². The van der Waals surface area contributed by atoms with Gasteiger partial charge in [0.1, 0.15) is 11.5 Å². The van der Waals surface area contributed by atoms with Gasteiger partial charge >= 0.3 is 0 Å². The Morgan fingerprint density at radius 2 is 2.29 bits per heavy atom. The van der Waals surface area contributed by atoms with Crippen LogP contribution in [0.4, 0.5) is 0 Å². The minimum Gasteiger partial charge on any atom is -0.466 e. The summed E-state index contributed by atoms with van der Waals surface area (Å²) in [5, 5.41) is 4.29. The number of furan rings is 1. The van der Waals surface area contributed by atoms with Gasteiger partial charge in [0.2, 0.25) is 0 Å². The molecule has 2 atom stereocenters. The predicted molar refractivity (Wildman–Crippen MR) is 60.8 cm³/mol. The minimum atomic E-state index is 0.480. The van der Waals surface area contributed by atoms with Crippen molar-refractivity contribution in [3.05, 3.63) is 23.2 Å². The Kier molecular flexibility index (Phi) is 2.88. The number of thioether (sulfide) groups is 1. The van der Waals surface area contributed by atoms with E-state index in [1.54, 1.807) is 0 Å². The van der Waals surface area contributed by atoms with Crippen LogP contribution in [-0.4, -0.2) is 17.5 Å². The summed E-state index contributed by atoms with van der Waals surface area (Å²) in [5.41, 5.74) is 1.34. The zero-order valence-corrected chi connectivity index (χ0v) is 9.78. The van der Waals surface area contributed by atoms with Gasteiger partial charge in [0, 0.05) is 29.2 Å². The largest absolute Gasteiger partial charge is 0.466 e. The van der Waals surface area contributed by atoms with Crippen LogP contribution in [0.5, 0.6) is 0 Å². The first-order valence-electron chi connectivity index (χ1n) is 5.08. The van der Waals surface area contributed by atoms with Crippen LogP contribution in [0.1, 0.15) is 30.0 Å². The average molecular weight is 211 g/mol. The molecule has 78 valence electrons. The van der Waals surface area contributed by atoms with Gasteiger partial charge in [-0.15, -0.1) is 0 Å². The van der Waals surface area contributed by atoms with Crippen LogP contribution in [0.15, 0.2) is 10.5 Å². The standard InChI is InChI=1S/C11H17NOS/c1-7-4-10(9(3)13-7)11-6-14-8(2)5-12-11/h4,8,11-12H,5-6H2,1-3H3.